The number of rotatable bonds is 10. The van der Waals surface area contributed by atoms with E-state index in [4.69, 9.17) is 47.4 Å². The molecule has 0 spiro atoms. The van der Waals surface area contributed by atoms with Crippen LogP contribution in [0.1, 0.15) is 55.4 Å². The topological polar surface area (TPSA) is 212 Å². The molecule has 0 saturated carbocycles. The monoisotopic (exact) mass is 620 g/mol. The predicted molar refractivity (Wildman–Crippen MR) is 134 cm³/mol. The first-order chi connectivity index (χ1) is 20.0. The van der Waals surface area contributed by atoms with Crippen molar-refractivity contribution in [2.45, 2.75) is 117 Å². The van der Waals surface area contributed by atoms with E-state index in [1.165, 1.54) is 6.92 Å². The number of hydrogen-bond donors (Lipinski definition) is 0. The fourth-order valence-electron chi connectivity index (χ4n) is 4.51. The molecule has 2 aliphatic heterocycles. The first-order valence-corrected chi connectivity index (χ1v) is 13.1. The fourth-order valence-corrected chi connectivity index (χ4v) is 4.51. The van der Waals surface area contributed by atoms with Crippen molar-refractivity contribution in [1.82, 2.24) is 0 Å². The Morgan fingerprint density at radius 1 is 0.465 bits per heavy atom. The van der Waals surface area contributed by atoms with Crippen molar-refractivity contribution in [3.05, 3.63) is 0 Å². The lowest BCUT2D eigenvalue weighted by atomic mass is 9.96. The van der Waals surface area contributed by atoms with Crippen LogP contribution in [-0.4, -0.2) is 110 Å². The number of esters is 7. The van der Waals surface area contributed by atoms with E-state index < -0.39 is 110 Å². The molecule has 2 saturated heterocycles. The van der Waals surface area contributed by atoms with Gasteiger partial charge in [-0.15, -0.1) is 0 Å². The minimum Gasteiger partial charge on any atom is -0.463 e. The highest BCUT2D eigenvalue weighted by Crippen LogP contribution is 2.35. The Balaban J connectivity index is 2.66. The zero-order chi connectivity index (χ0) is 32.6. The van der Waals surface area contributed by atoms with E-state index >= 15 is 0 Å². The molecule has 0 aliphatic carbocycles. The van der Waals surface area contributed by atoms with E-state index in [0.717, 1.165) is 48.5 Å². The van der Waals surface area contributed by atoms with Gasteiger partial charge in [-0.05, 0) is 6.92 Å². The molecule has 0 radical (unpaired) electrons. The highest BCUT2D eigenvalue weighted by Gasteiger charge is 2.57. The average Bonchev–Trinajstić information content (AvgIpc) is 2.84. The third-order valence-corrected chi connectivity index (χ3v) is 5.85. The summed E-state index contributed by atoms with van der Waals surface area (Å²) >= 11 is 0. The van der Waals surface area contributed by atoms with Crippen molar-refractivity contribution in [2.75, 3.05) is 6.61 Å². The summed E-state index contributed by atoms with van der Waals surface area (Å²) in [5, 5.41) is 0. The van der Waals surface area contributed by atoms with Gasteiger partial charge in [-0.1, -0.05) is 0 Å². The second-order valence-electron chi connectivity index (χ2n) is 9.64. The highest BCUT2D eigenvalue weighted by molar-refractivity contribution is 5.69. The molecule has 0 N–H and O–H groups in total. The van der Waals surface area contributed by atoms with Crippen LogP contribution in [0.25, 0.3) is 0 Å². The Bertz CT molecular complexity index is 1060. The molecule has 2 fully saturated rings. The molecule has 10 unspecified atom stereocenters. The van der Waals surface area contributed by atoms with Crippen LogP contribution in [0.5, 0.6) is 0 Å². The zero-order valence-electron chi connectivity index (χ0n) is 24.9. The summed E-state index contributed by atoms with van der Waals surface area (Å²) < 4.78 is 54.9. The maximum absolute atomic E-state index is 12.2. The van der Waals surface area contributed by atoms with Crippen molar-refractivity contribution < 1.29 is 80.9 Å². The first kappa shape index (κ1) is 35.4. The molecule has 0 aromatic heterocycles. The SMILES string of the molecule is CC(=O)OCC1OC(OC(C)=O)C(OC(C)=O)C(OC2OC(C)C(OC(C)=O)C(OC(C)=O)C2OC(C)=O)C1OC(C)=O. The molecule has 17 heteroatoms. The lowest BCUT2D eigenvalue weighted by molar-refractivity contribution is -0.355. The number of ether oxygens (including phenoxy) is 10. The van der Waals surface area contributed by atoms with Gasteiger partial charge in [0.1, 0.15) is 18.8 Å². The number of carbonyl (C=O) groups excluding carboxylic acids is 7. The molecule has 0 aromatic carbocycles. The Morgan fingerprint density at radius 3 is 1.35 bits per heavy atom. The summed E-state index contributed by atoms with van der Waals surface area (Å²) in [5.41, 5.74) is 0. The van der Waals surface area contributed by atoms with Gasteiger partial charge in [0.05, 0.1) is 6.10 Å². The summed E-state index contributed by atoms with van der Waals surface area (Å²) in [6, 6.07) is 0. The smallest absolute Gasteiger partial charge is 0.305 e. The van der Waals surface area contributed by atoms with Gasteiger partial charge in [-0.3, -0.25) is 33.6 Å². The minimum atomic E-state index is -1.68. The van der Waals surface area contributed by atoms with Gasteiger partial charge < -0.3 is 47.4 Å². The third-order valence-electron chi connectivity index (χ3n) is 5.85. The molecular weight excluding hydrogens is 584 g/mol. The maximum atomic E-state index is 12.2. The van der Waals surface area contributed by atoms with Crippen LogP contribution in [0.15, 0.2) is 0 Å². The molecule has 0 aromatic rings. The normalized spacial score (nSPS) is 31.9. The van der Waals surface area contributed by atoms with Crippen LogP contribution in [0, 0.1) is 0 Å². The Kier molecular flexibility index (Phi) is 12.8. The summed E-state index contributed by atoms with van der Waals surface area (Å²) in [5.74, 6) is -5.80. The lowest BCUT2D eigenvalue weighted by Crippen LogP contribution is -2.66. The number of hydrogen-bond acceptors (Lipinski definition) is 17. The van der Waals surface area contributed by atoms with E-state index in [9.17, 15) is 33.6 Å². The summed E-state index contributed by atoms with van der Waals surface area (Å²) in [7, 11) is 0. The van der Waals surface area contributed by atoms with Gasteiger partial charge in [-0.2, -0.15) is 0 Å². The molecule has 17 nitrogen and oxygen atoms in total. The van der Waals surface area contributed by atoms with Gasteiger partial charge in [0.25, 0.3) is 0 Å². The van der Waals surface area contributed by atoms with Crippen LogP contribution in [0.2, 0.25) is 0 Å². The third kappa shape index (κ3) is 10.4. The van der Waals surface area contributed by atoms with E-state index in [2.05, 4.69) is 0 Å². The van der Waals surface area contributed by atoms with E-state index in [0.29, 0.717) is 0 Å². The van der Waals surface area contributed by atoms with Gasteiger partial charge in [-0.25, -0.2) is 0 Å². The lowest BCUT2D eigenvalue weighted by Gasteiger charge is -2.48. The second-order valence-corrected chi connectivity index (χ2v) is 9.64. The Labute approximate surface area is 246 Å². The molecule has 10 atom stereocenters. The fraction of sp³-hybridized carbons (Fsp3) is 0.731. The Morgan fingerprint density at radius 2 is 0.884 bits per heavy atom. The molecule has 2 heterocycles. The molecule has 242 valence electrons. The van der Waals surface area contributed by atoms with Crippen molar-refractivity contribution in [3.63, 3.8) is 0 Å². The van der Waals surface area contributed by atoms with Crippen LogP contribution in [0.4, 0.5) is 0 Å². The zero-order valence-corrected chi connectivity index (χ0v) is 24.9. The Hall–Kier alpha value is -3.83. The van der Waals surface area contributed by atoms with Crippen LogP contribution >= 0.6 is 0 Å². The summed E-state index contributed by atoms with van der Waals surface area (Å²) in [6.07, 6.45) is -14.8. The second kappa shape index (κ2) is 15.6. The average molecular weight is 621 g/mol. The molecular formula is C26H36O17. The van der Waals surface area contributed by atoms with Crippen molar-refractivity contribution in [2.24, 2.45) is 0 Å². The van der Waals surface area contributed by atoms with Crippen molar-refractivity contribution in [3.8, 4) is 0 Å². The van der Waals surface area contributed by atoms with Gasteiger partial charge in [0.2, 0.25) is 6.29 Å². The largest absolute Gasteiger partial charge is 0.463 e. The predicted octanol–water partition coefficient (Wildman–Crippen LogP) is -0.374. The van der Waals surface area contributed by atoms with E-state index in [-0.39, 0.29) is 0 Å². The number of carbonyl (C=O) groups is 7. The van der Waals surface area contributed by atoms with Crippen LogP contribution in [0.3, 0.4) is 0 Å². The highest BCUT2D eigenvalue weighted by atomic mass is 16.8. The first-order valence-electron chi connectivity index (χ1n) is 13.1. The van der Waals surface area contributed by atoms with Crippen LogP contribution < -0.4 is 0 Å². The standard InChI is InChI=1S/C26H36O17/c1-10-19(36-12(3)28)21(38-14(5)30)23(39-15(6)31)25(35-10)43-22-20(37-13(4)29)18(9-34-11(2)27)42-26(41-17(8)33)24(22)40-16(7)32/h10,18-26H,9H2,1-8H3. The van der Waals surface area contributed by atoms with Crippen LogP contribution in [-0.2, 0) is 80.9 Å². The maximum Gasteiger partial charge on any atom is 0.305 e. The molecule has 2 aliphatic rings. The molecule has 43 heavy (non-hydrogen) atoms. The van der Waals surface area contributed by atoms with Gasteiger partial charge in [0, 0.05) is 48.5 Å². The molecule has 0 bridgehead atoms. The van der Waals surface area contributed by atoms with Crippen molar-refractivity contribution >= 4 is 41.8 Å². The van der Waals surface area contributed by atoms with E-state index in [1.54, 1.807) is 0 Å². The molecule has 0 amide bonds. The summed E-state index contributed by atoms with van der Waals surface area (Å²) in [6.45, 7) is 8.39. The minimum absolute atomic E-state index is 0.530. The van der Waals surface area contributed by atoms with Gasteiger partial charge >= 0.3 is 41.8 Å². The summed E-state index contributed by atoms with van der Waals surface area (Å²) in [4.78, 5) is 83.8. The molecule has 2 rings (SSSR count). The van der Waals surface area contributed by atoms with Crippen molar-refractivity contribution in [1.29, 1.82) is 0 Å². The van der Waals surface area contributed by atoms with E-state index in [1.807, 2.05) is 0 Å². The quantitative estimate of drug-likeness (QED) is 0.225. The van der Waals surface area contributed by atoms with Gasteiger partial charge in [0.15, 0.2) is 36.8 Å².